The van der Waals surface area contributed by atoms with Crippen molar-refractivity contribution in [2.75, 3.05) is 12.0 Å². The summed E-state index contributed by atoms with van der Waals surface area (Å²) in [6.45, 7) is 0. The maximum absolute atomic E-state index is 13.0. The van der Waals surface area contributed by atoms with Gasteiger partial charge in [-0.1, -0.05) is 18.2 Å². The minimum absolute atomic E-state index is 0.0365. The first kappa shape index (κ1) is 19.9. The first-order valence-corrected chi connectivity index (χ1v) is 9.15. The lowest BCUT2D eigenvalue weighted by Gasteiger charge is -2.23. The highest BCUT2D eigenvalue weighted by molar-refractivity contribution is 6.51. The van der Waals surface area contributed by atoms with Crippen LogP contribution in [-0.2, 0) is 9.59 Å². The summed E-state index contributed by atoms with van der Waals surface area (Å²) >= 11 is 0. The fraction of sp³-hybridized carbons (Fsp3) is 0.0909. The molecular formula is C22H16N2O7. The summed E-state index contributed by atoms with van der Waals surface area (Å²) in [7, 11) is 1.47. The Morgan fingerprint density at radius 1 is 1.13 bits per heavy atom. The Morgan fingerprint density at radius 3 is 2.58 bits per heavy atom. The zero-order valence-electron chi connectivity index (χ0n) is 16.2. The van der Waals surface area contributed by atoms with Crippen LogP contribution in [0.25, 0.3) is 5.76 Å². The predicted molar refractivity (Wildman–Crippen MR) is 110 cm³/mol. The van der Waals surface area contributed by atoms with E-state index < -0.39 is 28.4 Å². The Balaban J connectivity index is 1.92. The molecule has 1 amide bonds. The van der Waals surface area contributed by atoms with Gasteiger partial charge in [-0.15, -0.1) is 0 Å². The zero-order valence-corrected chi connectivity index (χ0v) is 16.2. The smallest absolute Gasteiger partial charge is 0.300 e. The number of Topliss-reactive ketones (excluding diaryl/α,β-unsaturated/α-hetero) is 1. The molecule has 0 saturated carbocycles. The predicted octanol–water partition coefficient (Wildman–Crippen LogP) is 3.82. The molecule has 0 radical (unpaired) electrons. The summed E-state index contributed by atoms with van der Waals surface area (Å²) in [5.74, 6) is -1.63. The van der Waals surface area contributed by atoms with Gasteiger partial charge in [0.25, 0.3) is 17.4 Å². The average Bonchev–Trinajstić information content (AvgIpc) is 3.40. The molecule has 31 heavy (non-hydrogen) atoms. The number of ether oxygens (including phenoxy) is 1. The van der Waals surface area contributed by atoms with Crippen molar-refractivity contribution in [3.63, 3.8) is 0 Å². The van der Waals surface area contributed by atoms with E-state index in [2.05, 4.69) is 0 Å². The molecule has 4 rings (SSSR count). The van der Waals surface area contributed by atoms with Crippen LogP contribution in [-0.4, -0.2) is 28.8 Å². The third kappa shape index (κ3) is 3.42. The average molecular weight is 420 g/mol. The molecule has 0 aliphatic carbocycles. The second kappa shape index (κ2) is 7.79. The number of rotatable bonds is 5. The molecule has 156 valence electrons. The molecule has 1 saturated heterocycles. The lowest BCUT2D eigenvalue weighted by Crippen LogP contribution is -2.29. The number of methoxy groups -OCH3 is 1. The summed E-state index contributed by atoms with van der Waals surface area (Å²) in [4.78, 5) is 37.6. The van der Waals surface area contributed by atoms with E-state index >= 15 is 0 Å². The van der Waals surface area contributed by atoms with Gasteiger partial charge >= 0.3 is 0 Å². The van der Waals surface area contributed by atoms with Crippen LogP contribution in [0.5, 0.6) is 5.75 Å². The van der Waals surface area contributed by atoms with Crippen molar-refractivity contribution in [3.05, 3.63) is 93.9 Å². The summed E-state index contributed by atoms with van der Waals surface area (Å²) in [5.41, 5.74) is -0.0979. The number of carbonyl (C=O) groups is 2. The van der Waals surface area contributed by atoms with Crippen LogP contribution in [0.2, 0.25) is 0 Å². The van der Waals surface area contributed by atoms with Crippen molar-refractivity contribution in [2.24, 2.45) is 0 Å². The van der Waals surface area contributed by atoms with Gasteiger partial charge < -0.3 is 14.3 Å². The van der Waals surface area contributed by atoms with E-state index in [9.17, 15) is 24.8 Å². The minimum atomic E-state index is -1.07. The highest BCUT2D eigenvalue weighted by Gasteiger charge is 2.48. The third-order valence-corrected chi connectivity index (χ3v) is 4.92. The molecule has 1 unspecified atom stereocenters. The number of aliphatic hydroxyl groups excluding tert-OH is 1. The second-order valence-electron chi connectivity index (χ2n) is 6.69. The van der Waals surface area contributed by atoms with Crippen molar-refractivity contribution in [3.8, 4) is 5.75 Å². The first-order chi connectivity index (χ1) is 14.9. The number of ketones is 1. The van der Waals surface area contributed by atoms with E-state index in [-0.39, 0.29) is 22.6 Å². The van der Waals surface area contributed by atoms with Gasteiger partial charge in [0.15, 0.2) is 0 Å². The summed E-state index contributed by atoms with van der Waals surface area (Å²) in [6, 6.07) is 13.8. The molecule has 1 fully saturated rings. The Bertz CT molecular complexity index is 1210. The number of furan rings is 1. The van der Waals surface area contributed by atoms with Gasteiger partial charge in [-0.2, -0.15) is 0 Å². The number of nitrogens with zero attached hydrogens (tertiary/aromatic N) is 2. The van der Waals surface area contributed by atoms with Crippen LogP contribution < -0.4 is 9.64 Å². The molecule has 0 spiro atoms. The number of aliphatic hydroxyl groups is 1. The van der Waals surface area contributed by atoms with Crippen molar-refractivity contribution in [1.29, 1.82) is 0 Å². The number of hydrogen-bond acceptors (Lipinski definition) is 7. The van der Waals surface area contributed by atoms with E-state index in [1.165, 1.54) is 36.5 Å². The SMILES string of the molecule is COc1cccc(N2C(=O)C(=O)/C(=C(\O)c3cccc([N+](=O)[O-])c3)C2c2ccco2)c1. The Hall–Kier alpha value is -4.40. The summed E-state index contributed by atoms with van der Waals surface area (Å²) in [6.07, 6.45) is 1.38. The second-order valence-corrected chi connectivity index (χ2v) is 6.69. The highest BCUT2D eigenvalue weighted by atomic mass is 16.6. The van der Waals surface area contributed by atoms with Crippen molar-refractivity contribution in [1.82, 2.24) is 0 Å². The molecule has 9 nitrogen and oxygen atoms in total. The molecule has 1 N–H and O–H groups in total. The molecule has 1 aromatic heterocycles. The fourth-order valence-electron chi connectivity index (χ4n) is 3.50. The van der Waals surface area contributed by atoms with Crippen LogP contribution >= 0.6 is 0 Å². The van der Waals surface area contributed by atoms with Gasteiger partial charge in [0.05, 0.1) is 23.9 Å². The van der Waals surface area contributed by atoms with Crippen molar-refractivity contribution >= 4 is 28.8 Å². The van der Waals surface area contributed by atoms with Crippen molar-refractivity contribution < 1.29 is 28.8 Å². The number of non-ortho nitro benzene ring substituents is 1. The number of hydrogen-bond donors (Lipinski definition) is 1. The molecule has 2 aromatic carbocycles. The Kier molecular flexibility index (Phi) is 5.00. The van der Waals surface area contributed by atoms with Gasteiger partial charge in [0.2, 0.25) is 0 Å². The van der Waals surface area contributed by atoms with E-state index in [0.29, 0.717) is 11.4 Å². The summed E-state index contributed by atoms with van der Waals surface area (Å²) < 4.78 is 10.7. The molecule has 3 aromatic rings. The standard InChI is InChI=1S/C22H16N2O7/c1-30-16-8-3-6-14(12-16)23-19(17-9-4-10-31-17)18(21(26)22(23)27)20(25)13-5-2-7-15(11-13)24(28)29/h2-12,19,25H,1H3/b20-18-. The largest absolute Gasteiger partial charge is 0.507 e. The molecule has 9 heteroatoms. The number of carbonyl (C=O) groups excluding carboxylic acids is 2. The van der Waals surface area contributed by atoms with E-state index in [0.717, 1.165) is 6.07 Å². The number of anilines is 1. The fourth-order valence-corrected chi connectivity index (χ4v) is 3.50. The van der Waals surface area contributed by atoms with Crippen LogP contribution in [0.1, 0.15) is 17.4 Å². The number of amides is 1. The number of benzene rings is 2. The van der Waals surface area contributed by atoms with Crippen LogP contribution in [0.4, 0.5) is 11.4 Å². The molecular weight excluding hydrogens is 404 g/mol. The first-order valence-electron chi connectivity index (χ1n) is 9.15. The maximum Gasteiger partial charge on any atom is 0.300 e. The number of nitro benzene ring substituents is 1. The molecule has 1 aliphatic rings. The van der Waals surface area contributed by atoms with Crippen LogP contribution in [0, 0.1) is 10.1 Å². The van der Waals surface area contributed by atoms with Gasteiger partial charge in [0, 0.05) is 29.4 Å². The van der Waals surface area contributed by atoms with E-state index in [4.69, 9.17) is 9.15 Å². The topological polar surface area (TPSA) is 123 Å². The lowest BCUT2D eigenvalue weighted by atomic mass is 9.99. The quantitative estimate of drug-likeness (QED) is 0.219. The molecule has 1 atom stereocenters. The number of nitro groups is 1. The molecule has 1 aliphatic heterocycles. The monoisotopic (exact) mass is 420 g/mol. The van der Waals surface area contributed by atoms with Gasteiger partial charge in [-0.3, -0.25) is 24.6 Å². The minimum Gasteiger partial charge on any atom is -0.507 e. The van der Waals surface area contributed by atoms with Gasteiger partial charge in [-0.05, 0) is 24.3 Å². The van der Waals surface area contributed by atoms with Crippen LogP contribution in [0.15, 0.2) is 76.9 Å². The van der Waals surface area contributed by atoms with E-state index in [1.54, 1.807) is 36.4 Å². The summed E-state index contributed by atoms with van der Waals surface area (Å²) in [5, 5.41) is 22.1. The maximum atomic E-state index is 13.0. The normalized spacial score (nSPS) is 17.7. The zero-order chi connectivity index (χ0) is 22.1. The highest BCUT2D eigenvalue weighted by Crippen LogP contribution is 2.43. The van der Waals surface area contributed by atoms with Gasteiger partial charge in [0.1, 0.15) is 23.3 Å². The van der Waals surface area contributed by atoms with E-state index in [1.807, 2.05) is 0 Å². The van der Waals surface area contributed by atoms with Crippen LogP contribution in [0.3, 0.4) is 0 Å². The molecule has 2 heterocycles. The Morgan fingerprint density at radius 2 is 1.90 bits per heavy atom. The lowest BCUT2D eigenvalue weighted by molar-refractivity contribution is -0.384. The third-order valence-electron chi connectivity index (χ3n) is 4.92. The molecule has 0 bridgehead atoms. The van der Waals surface area contributed by atoms with Crippen molar-refractivity contribution in [2.45, 2.75) is 6.04 Å². The Labute approximate surface area is 175 Å². The van der Waals surface area contributed by atoms with Gasteiger partial charge in [-0.25, -0.2) is 0 Å².